The van der Waals surface area contributed by atoms with Gasteiger partial charge in [-0.15, -0.1) is 15.3 Å². The van der Waals surface area contributed by atoms with Crippen molar-refractivity contribution in [3.63, 3.8) is 0 Å². The Hall–Kier alpha value is -0.863. The molecule has 0 amide bonds. The lowest BCUT2D eigenvalue weighted by Crippen LogP contribution is -1.93. The van der Waals surface area contributed by atoms with E-state index in [-0.39, 0.29) is 0 Å². The normalized spacial score (nSPS) is 13.4. The SMILES string of the molecule is CC[SiH](Br)C=Cc1cccc2ccccc12. The van der Waals surface area contributed by atoms with Gasteiger partial charge in [0.05, 0.1) is 0 Å². The largest absolute Gasteiger partial charge is 0.137 e. The van der Waals surface area contributed by atoms with Crippen LogP contribution >= 0.6 is 15.3 Å². The summed E-state index contributed by atoms with van der Waals surface area (Å²) in [7, 11) is -0.800. The van der Waals surface area contributed by atoms with Crippen LogP contribution in [-0.2, 0) is 0 Å². The quantitative estimate of drug-likeness (QED) is 0.575. The summed E-state index contributed by atoms with van der Waals surface area (Å²) in [5.74, 6) is 0. The Morgan fingerprint density at radius 1 is 1.12 bits per heavy atom. The second-order valence-electron chi connectivity index (χ2n) is 3.85. The van der Waals surface area contributed by atoms with Gasteiger partial charge in [0, 0.05) is 0 Å². The Balaban J connectivity index is 2.41. The fourth-order valence-electron chi connectivity index (χ4n) is 1.74. The van der Waals surface area contributed by atoms with E-state index in [0.717, 1.165) is 0 Å². The highest BCUT2D eigenvalue weighted by molar-refractivity contribution is 9.24. The lowest BCUT2D eigenvalue weighted by atomic mass is 10.1. The van der Waals surface area contributed by atoms with Gasteiger partial charge < -0.3 is 0 Å². The molecule has 2 aromatic carbocycles. The van der Waals surface area contributed by atoms with E-state index < -0.39 is 7.42 Å². The van der Waals surface area contributed by atoms with Crippen LogP contribution in [0.25, 0.3) is 16.8 Å². The zero-order valence-corrected chi connectivity index (χ0v) is 12.1. The summed E-state index contributed by atoms with van der Waals surface area (Å²) in [6.07, 6.45) is 2.26. The van der Waals surface area contributed by atoms with Crippen LogP contribution in [0, 0.1) is 0 Å². The number of rotatable bonds is 3. The Bertz CT molecular complexity index is 500. The van der Waals surface area contributed by atoms with Crippen molar-refractivity contribution < 1.29 is 0 Å². The molecule has 0 heterocycles. The van der Waals surface area contributed by atoms with Gasteiger partial charge in [0.2, 0.25) is 0 Å². The fourth-order valence-corrected chi connectivity index (χ4v) is 2.89. The molecule has 2 heteroatoms. The topological polar surface area (TPSA) is 0 Å². The second-order valence-corrected chi connectivity index (χ2v) is 9.61. The van der Waals surface area contributed by atoms with Crippen LogP contribution in [0.2, 0.25) is 6.04 Å². The molecule has 82 valence electrons. The van der Waals surface area contributed by atoms with Crippen LogP contribution in [0.3, 0.4) is 0 Å². The zero-order chi connectivity index (χ0) is 11.4. The molecule has 0 aromatic heterocycles. The van der Waals surface area contributed by atoms with Crippen molar-refractivity contribution in [2.45, 2.75) is 13.0 Å². The summed E-state index contributed by atoms with van der Waals surface area (Å²) in [6.45, 7) is 2.24. The van der Waals surface area contributed by atoms with Gasteiger partial charge >= 0.3 is 0 Å². The van der Waals surface area contributed by atoms with Gasteiger partial charge in [-0.1, -0.05) is 61.2 Å². The molecule has 1 atom stereocenters. The van der Waals surface area contributed by atoms with Crippen molar-refractivity contribution in [2.24, 2.45) is 0 Å². The first-order valence-electron chi connectivity index (χ1n) is 5.61. The van der Waals surface area contributed by atoms with Gasteiger partial charge in [0.15, 0.2) is 0 Å². The molecule has 2 rings (SSSR count). The van der Waals surface area contributed by atoms with Gasteiger partial charge in [-0.05, 0) is 22.4 Å². The third-order valence-electron chi connectivity index (χ3n) is 2.70. The molecule has 0 N–H and O–H groups in total. The van der Waals surface area contributed by atoms with Gasteiger partial charge in [-0.25, -0.2) is 0 Å². The summed E-state index contributed by atoms with van der Waals surface area (Å²) in [5.41, 5.74) is 3.67. The molecule has 0 saturated heterocycles. The Morgan fingerprint density at radius 2 is 1.88 bits per heavy atom. The molecule has 1 unspecified atom stereocenters. The number of benzene rings is 2. The highest BCUT2D eigenvalue weighted by Crippen LogP contribution is 2.20. The maximum absolute atomic E-state index is 3.75. The smallest absolute Gasteiger partial charge is 0.125 e. The van der Waals surface area contributed by atoms with E-state index >= 15 is 0 Å². The molecule has 0 radical (unpaired) electrons. The lowest BCUT2D eigenvalue weighted by Gasteiger charge is -2.02. The van der Waals surface area contributed by atoms with E-state index in [1.807, 2.05) is 0 Å². The number of hydrogen-bond acceptors (Lipinski definition) is 0. The van der Waals surface area contributed by atoms with Crippen molar-refractivity contribution in [2.75, 3.05) is 0 Å². The predicted molar refractivity (Wildman–Crippen MR) is 79.5 cm³/mol. The highest BCUT2D eigenvalue weighted by Gasteiger charge is 1.99. The minimum Gasteiger partial charge on any atom is -0.125 e. The summed E-state index contributed by atoms with van der Waals surface area (Å²) >= 11 is 3.75. The minimum absolute atomic E-state index is 0.800. The van der Waals surface area contributed by atoms with Crippen molar-refractivity contribution in [1.29, 1.82) is 0 Å². The van der Waals surface area contributed by atoms with E-state index in [4.69, 9.17) is 0 Å². The molecule has 0 nitrogen and oxygen atoms in total. The first kappa shape index (κ1) is 11.6. The van der Waals surface area contributed by atoms with Crippen LogP contribution in [0.15, 0.2) is 48.2 Å². The molecule has 16 heavy (non-hydrogen) atoms. The first-order chi connectivity index (χ1) is 7.81. The molecule has 2 aromatic rings. The van der Waals surface area contributed by atoms with Crippen molar-refractivity contribution in [3.8, 4) is 0 Å². The van der Waals surface area contributed by atoms with Crippen molar-refractivity contribution in [3.05, 3.63) is 53.7 Å². The average Bonchev–Trinajstić information content (AvgIpc) is 2.35. The highest BCUT2D eigenvalue weighted by atomic mass is 79.9. The number of halogens is 1. The number of fused-ring (bicyclic) bond motifs is 1. The second kappa shape index (κ2) is 5.46. The summed E-state index contributed by atoms with van der Waals surface area (Å²) in [4.78, 5) is 0. The van der Waals surface area contributed by atoms with E-state index in [2.05, 4.69) is 76.5 Å². The monoisotopic (exact) mass is 290 g/mol. The molecule has 0 saturated carbocycles. The molecule has 0 bridgehead atoms. The molecule has 0 fully saturated rings. The zero-order valence-electron chi connectivity index (χ0n) is 9.36. The van der Waals surface area contributed by atoms with Crippen molar-refractivity contribution in [1.82, 2.24) is 0 Å². The van der Waals surface area contributed by atoms with Crippen LogP contribution in [0.5, 0.6) is 0 Å². The molecule has 0 aliphatic carbocycles. The summed E-state index contributed by atoms with van der Waals surface area (Å²) in [5, 5.41) is 2.65. The van der Waals surface area contributed by atoms with E-state index in [9.17, 15) is 0 Å². The van der Waals surface area contributed by atoms with Crippen LogP contribution in [0.4, 0.5) is 0 Å². The van der Waals surface area contributed by atoms with E-state index in [0.29, 0.717) is 0 Å². The van der Waals surface area contributed by atoms with E-state index in [1.54, 1.807) is 0 Å². The molecule has 0 spiro atoms. The fraction of sp³-hybridized carbons (Fsp3) is 0.143. The number of hydrogen-bond donors (Lipinski definition) is 0. The average molecular weight is 291 g/mol. The molecule has 0 aliphatic rings. The first-order valence-corrected chi connectivity index (χ1v) is 10.3. The standard InChI is InChI=1S/C14H15BrSi/c1-2-16(15)11-10-13-8-5-7-12-6-3-4-9-14(12)13/h3-11,16H,2H2,1H3. The third kappa shape index (κ3) is 2.63. The Labute approximate surface area is 106 Å². The van der Waals surface area contributed by atoms with Gasteiger partial charge in [-0.3, -0.25) is 0 Å². The minimum atomic E-state index is -0.800. The lowest BCUT2D eigenvalue weighted by molar-refractivity contribution is 1.46. The maximum Gasteiger partial charge on any atom is 0.137 e. The van der Waals surface area contributed by atoms with Crippen LogP contribution in [-0.4, -0.2) is 7.42 Å². The maximum atomic E-state index is 3.75. The van der Waals surface area contributed by atoms with Crippen molar-refractivity contribution >= 4 is 39.6 Å². The van der Waals surface area contributed by atoms with Crippen LogP contribution < -0.4 is 0 Å². The summed E-state index contributed by atoms with van der Waals surface area (Å²) < 4.78 is 0. The van der Waals surface area contributed by atoms with Gasteiger partial charge in [-0.2, -0.15) is 0 Å². The summed E-state index contributed by atoms with van der Waals surface area (Å²) in [6, 6.07) is 16.3. The van der Waals surface area contributed by atoms with Gasteiger partial charge in [0.1, 0.15) is 7.42 Å². The third-order valence-corrected chi connectivity index (χ3v) is 6.95. The molecular weight excluding hydrogens is 276 g/mol. The Kier molecular flexibility index (Phi) is 3.96. The predicted octanol–water partition coefficient (Wildman–Crippen LogP) is 4.53. The van der Waals surface area contributed by atoms with E-state index in [1.165, 1.54) is 22.4 Å². The molecular formula is C14H15BrSi. The van der Waals surface area contributed by atoms with Crippen LogP contribution in [0.1, 0.15) is 12.5 Å². The Morgan fingerprint density at radius 3 is 2.69 bits per heavy atom. The van der Waals surface area contributed by atoms with Gasteiger partial charge in [0.25, 0.3) is 0 Å². The molecule has 0 aliphatic heterocycles.